The number of carbonyl (C=O) groups excluding carboxylic acids is 2. The van der Waals surface area contributed by atoms with Crippen LogP contribution in [0.4, 0.5) is 5.69 Å². The van der Waals surface area contributed by atoms with Crippen LogP contribution in [0.25, 0.3) is 0 Å². The number of hydrogen-bond donors (Lipinski definition) is 1. The Morgan fingerprint density at radius 1 is 0.951 bits per heavy atom. The summed E-state index contributed by atoms with van der Waals surface area (Å²) in [5.74, 6) is -0.415. The first kappa shape index (κ1) is 32.2. The summed E-state index contributed by atoms with van der Waals surface area (Å²) in [7, 11) is -3.59. The summed E-state index contributed by atoms with van der Waals surface area (Å²) < 4.78 is 26.4. The van der Waals surface area contributed by atoms with E-state index < -0.39 is 16.1 Å². The lowest BCUT2D eigenvalue weighted by Gasteiger charge is -2.33. The van der Waals surface area contributed by atoms with Crippen molar-refractivity contribution in [2.75, 3.05) is 17.1 Å². The molecule has 2 amide bonds. The fraction of sp³-hybridized carbons (Fsp3) is 0.375. The Labute approximate surface area is 249 Å². The molecule has 0 saturated carbocycles. The molecule has 0 fully saturated rings. The third-order valence-electron chi connectivity index (χ3n) is 7.14. The second kappa shape index (κ2) is 15.0. The van der Waals surface area contributed by atoms with Crippen molar-refractivity contribution in [1.29, 1.82) is 0 Å². The average molecular weight is 598 g/mol. The van der Waals surface area contributed by atoms with Crippen molar-refractivity contribution in [1.82, 2.24) is 10.2 Å². The van der Waals surface area contributed by atoms with Gasteiger partial charge in [0, 0.05) is 37.0 Å². The number of halogens is 1. The molecule has 0 aliphatic carbocycles. The zero-order valence-electron chi connectivity index (χ0n) is 24.2. The number of aryl methyl sites for hydroxylation is 1. The summed E-state index contributed by atoms with van der Waals surface area (Å²) in [4.78, 5) is 29.2. The van der Waals surface area contributed by atoms with Crippen LogP contribution in [0.15, 0.2) is 78.9 Å². The van der Waals surface area contributed by atoms with Crippen LogP contribution in [-0.2, 0) is 32.6 Å². The Morgan fingerprint density at radius 3 is 2.20 bits per heavy atom. The molecule has 0 saturated heterocycles. The van der Waals surface area contributed by atoms with Gasteiger partial charge >= 0.3 is 0 Å². The monoisotopic (exact) mass is 597 g/mol. The van der Waals surface area contributed by atoms with E-state index in [1.165, 1.54) is 4.31 Å². The van der Waals surface area contributed by atoms with Gasteiger partial charge in [-0.05, 0) is 67.6 Å². The van der Waals surface area contributed by atoms with E-state index in [1.807, 2.05) is 75.4 Å². The first-order chi connectivity index (χ1) is 19.5. The Bertz CT molecular complexity index is 1400. The molecule has 7 nitrogen and oxygen atoms in total. The van der Waals surface area contributed by atoms with Gasteiger partial charge in [0.2, 0.25) is 21.8 Å². The minimum absolute atomic E-state index is 0.0427. The molecular formula is C32H40ClN3O4S. The molecule has 2 atom stereocenters. The van der Waals surface area contributed by atoms with Crippen LogP contribution >= 0.6 is 11.6 Å². The fourth-order valence-electron chi connectivity index (χ4n) is 4.58. The molecule has 41 heavy (non-hydrogen) atoms. The molecule has 0 aliphatic rings. The Morgan fingerprint density at radius 2 is 1.59 bits per heavy atom. The number of benzene rings is 3. The number of carbonyl (C=O) groups is 2. The van der Waals surface area contributed by atoms with Crippen LogP contribution in [0.1, 0.15) is 49.8 Å². The number of amides is 2. The minimum Gasteiger partial charge on any atom is -0.352 e. The number of sulfonamides is 1. The van der Waals surface area contributed by atoms with E-state index in [2.05, 4.69) is 5.32 Å². The van der Waals surface area contributed by atoms with Crippen molar-refractivity contribution in [2.24, 2.45) is 0 Å². The van der Waals surface area contributed by atoms with E-state index in [0.29, 0.717) is 17.1 Å². The zero-order chi connectivity index (χ0) is 30.0. The van der Waals surface area contributed by atoms with Crippen molar-refractivity contribution < 1.29 is 18.0 Å². The van der Waals surface area contributed by atoms with Gasteiger partial charge in [0.15, 0.2) is 0 Å². The number of nitrogens with one attached hydrogen (secondary N) is 1. The third kappa shape index (κ3) is 9.61. The van der Waals surface area contributed by atoms with E-state index in [9.17, 15) is 18.0 Å². The fourth-order valence-corrected chi connectivity index (χ4v) is 5.67. The Kier molecular flexibility index (Phi) is 11.8. The lowest BCUT2D eigenvalue weighted by molar-refractivity contribution is -0.141. The second-order valence-electron chi connectivity index (χ2n) is 10.4. The highest BCUT2D eigenvalue weighted by Crippen LogP contribution is 2.22. The lowest BCUT2D eigenvalue weighted by atomic mass is 10.0. The van der Waals surface area contributed by atoms with Gasteiger partial charge in [-0.3, -0.25) is 13.9 Å². The van der Waals surface area contributed by atoms with Crippen LogP contribution in [0.3, 0.4) is 0 Å². The van der Waals surface area contributed by atoms with Crippen LogP contribution < -0.4 is 9.62 Å². The largest absolute Gasteiger partial charge is 0.352 e. The molecule has 9 heteroatoms. The maximum absolute atomic E-state index is 13.9. The first-order valence-corrected chi connectivity index (χ1v) is 16.1. The second-order valence-corrected chi connectivity index (χ2v) is 12.7. The topological polar surface area (TPSA) is 86.8 Å². The summed E-state index contributed by atoms with van der Waals surface area (Å²) in [5.41, 5.74) is 3.41. The van der Waals surface area contributed by atoms with Gasteiger partial charge < -0.3 is 10.2 Å². The summed E-state index contributed by atoms with van der Waals surface area (Å²) in [6, 6.07) is 23.3. The SMILES string of the molecule is CC[C@@H](C)NC(=O)[C@H](Cc1ccccc1)N(Cc1ccccc1C)C(=O)CCCN(c1ccc(Cl)cc1)S(C)(=O)=O. The van der Waals surface area contributed by atoms with Gasteiger partial charge in [0.1, 0.15) is 6.04 Å². The lowest BCUT2D eigenvalue weighted by Crippen LogP contribution is -2.52. The van der Waals surface area contributed by atoms with Crippen molar-refractivity contribution in [2.45, 2.75) is 65.1 Å². The highest BCUT2D eigenvalue weighted by atomic mass is 35.5. The summed E-state index contributed by atoms with van der Waals surface area (Å²) in [6.07, 6.45) is 2.63. The quantitative estimate of drug-likeness (QED) is 0.256. The predicted octanol–water partition coefficient (Wildman–Crippen LogP) is 5.75. The molecular weight excluding hydrogens is 558 g/mol. The highest BCUT2D eigenvalue weighted by molar-refractivity contribution is 7.92. The maximum atomic E-state index is 13.9. The van der Waals surface area contributed by atoms with E-state index in [-0.39, 0.29) is 43.8 Å². The molecule has 0 bridgehead atoms. The highest BCUT2D eigenvalue weighted by Gasteiger charge is 2.31. The van der Waals surface area contributed by atoms with E-state index >= 15 is 0 Å². The van der Waals surface area contributed by atoms with Crippen LogP contribution in [0.5, 0.6) is 0 Å². The Hall–Kier alpha value is -3.36. The smallest absolute Gasteiger partial charge is 0.243 e. The minimum atomic E-state index is -3.59. The molecule has 0 aromatic heterocycles. The molecule has 3 aromatic carbocycles. The predicted molar refractivity (Wildman–Crippen MR) is 166 cm³/mol. The third-order valence-corrected chi connectivity index (χ3v) is 8.59. The standard InChI is InChI=1S/C32H40ClN3O4S/c1-5-25(3)34-32(38)30(22-26-13-7-6-8-14-26)35(23-27-15-10-9-12-24(27)2)31(37)16-11-21-36(41(4,39)40)29-19-17-28(33)18-20-29/h6-10,12-15,17-20,25,30H,5,11,16,21-23H2,1-4H3,(H,34,38)/t25-,30+/m1/s1. The molecule has 0 aliphatic heterocycles. The Balaban J connectivity index is 1.89. The van der Waals surface area contributed by atoms with Gasteiger partial charge in [-0.15, -0.1) is 0 Å². The molecule has 0 spiro atoms. The van der Waals surface area contributed by atoms with E-state index in [1.54, 1.807) is 29.2 Å². The van der Waals surface area contributed by atoms with Crippen molar-refractivity contribution in [3.63, 3.8) is 0 Å². The van der Waals surface area contributed by atoms with Crippen LogP contribution in [0.2, 0.25) is 5.02 Å². The molecule has 3 rings (SSSR count). The van der Waals surface area contributed by atoms with Gasteiger partial charge in [-0.1, -0.05) is 73.1 Å². The average Bonchev–Trinajstić information content (AvgIpc) is 2.94. The number of hydrogen-bond acceptors (Lipinski definition) is 4. The summed E-state index contributed by atoms with van der Waals surface area (Å²) >= 11 is 5.99. The summed E-state index contributed by atoms with van der Waals surface area (Å²) in [6.45, 7) is 6.32. The zero-order valence-corrected chi connectivity index (χ0v) is 25.8. The van der Waals surface area contributed by atoms with Gasteiger partial charge in [0.25, 0.3) is 0 Å². The number of rotatable bonds is 14. The van der Waals surface area contributed by atoms with Crippen LogP contribution in [-0.4, -0.2) is 50.0 Å². The first-order valence-electron chi connectivity index (χ1n) is 13.9. The molecule has 1 N–H and O–H groups in total. The van der Waals surface area contributed by atoms with Gasteiger partial charge in [0.05, 0.1) is 11.9 Å². The van der Waals surface area contributed by atoms with Crippen molar-refractivity contribution in [3.8, 4) is 0 Å². The van der Waals surface area contributed by atoms with E-state index in [4.69, 9.17) is 11.6 Å². The van der Waals surface area contributed by atoms with Crippen LogP contribution in [0, 0.1) is 6.92 Å². The van der Waals surface area contributed by atoms with Gasteiger partial charge in [-0.25, -0.2) is 8.42 Å². The molecule has 0 unspecified atom stereocenters. The number of anilines is 1. The molecule has 0 radical (unpaired) electrons. The molecule has 3 aromatic rings. The molecule has 0 heterocycles. The number of nitrogens with zero attached hydrogens (tertiary/aromatic N) is 2. The van der Waals surface area contributed by atoms with Crippen molar-refractivity contribution in [3.05, 3.63) is 101 Å². The van der Waals surface area contributed by atoms with Gasteiger partial charge in [-0.2, -0.15) is 0 Å². The molecule has 220 valence electrons. The van der Waals surface area contributed by atoms with E-state index in [0.717, 1.165) is 29.4 Å². The maximum Gasteiger partial charge on any atom is 0.243 e. The summed E-state index contributed by atoms with van der Waals surface area (Å²) in [5, 5.41) is 3.58. The van der Waals surface area contributed by atoms with Crippen molar-refractivity contribution >= 4 is 39.1 Å². The normalized spacial score (nSPS) is 12.8.